The average molecular weight is 500 g/mol. The summed E-state index contributed by atoms with van der Waals surface area (Å²) in [6.45, 7) is 7.03. The summed E-state index contributed by atoms with van der Waals surface area (Å²) >= 11 is 7.76. The number of rotatable bonds is 6. The zero-order chi connectivity index (χ0) is 24.2. The Labute approximate surface area is 206 Å². The van der Waals surface area contributed by atoms with E-state index in [-0.39, 0.29) is 23.6 Å². The summed E-state index contributed by atoms with van der Waals surface area (Å²) in [5.74, 6) is 0.00757. The minimum Gasteiger partial charge on any atom is -0.343 e. The molecule has 178 valence electrons. The van der Waals surface area contributed by atoms with Gasteiger partial charge < -0.3 is 14.8 Å². The van der Waals surface area contributed by atoms with Crippen molar-refractivity contribution in [1.82, 2.24) is 14.5 Å². The lowest BCUT2D eigenvalue weighted by Gasteiger charge is -2.24. The minimum absolute atomic E-state index is 0.0750. The van der Waals surface area contributed by atoms with Crippen molar-refractivity contribution < 1.29 is 14.4 Å². The Balaban J connectivity index is 1.61. The van der Waals surface area contributed by atoms with Gasteiger partial charge in [-0.3, -0.25) is 19.7 Å². The largest absolute Gasteiger partial charge is 0.343 e. The standard InChI is InChI=1S/C24H26ClN5O3S/c1-3-21(32)26-17-11-20(34-14-17)23(33)28-24-27-19-9-6-8-18(25)22(19)30(24)13-16-7-4-5-10-29(12-16)15(2)31/h3,6,8-9,11,14,16H,1,4-5,7,10,12-13H2,2H3,(H,26,32)(H,27,28,33). The number of carbonyl (C=O) groups is 3. The van der Waals surface area contributed by atoms with Crippen molar-refractivity contribution in [3.63, 3.8) is 0 Å². The first kappa shape index (κ1) is 24.0. The summed E-state index contributed by atoms with van der Waals surface area (Å²) in [5.41, 5.74) is 1.97. The Hall–Kier alpha value is -3.17. The van der Waals surface area contributed by atoms with Crippen LogP contribution in [0.1, 0.15) is 35.9 Å². The molecule has 2 N–H and O–H groups in total. The predicted octanol–water partition coefficient (Wildman–Crippen LogP) is 4.78. The normalized spacial score (nSPS) is 16.2. The van der Waals surface area contributed by atoms with Gasteiger partial charge in [-0.15, -0.1) is 11.3 Å². The maximum absolute atomic E-state index is 13.0. The van der Waals surface area contributed by atoms with Crippen LogP contribution in [-0.2, 0) is 16.1 Å². The number of fused-ring (bicyclic) bond motifs is 1. The molecule has 1 aromatic carbocycles. The molecule has 3 aromatic rings. The van der Waals surface area contributed by atoms with E-state index in [1.807, 2.05) is 21.6 Å². The molecule has 1 fully saturated rings. The van der Waals surface area contributed by atoms with Crippen molar-refractivity contribution >= 4 is 63.3 Å². The van der Waals surface area contributed by atoms with Gasteiger partial charge in [-0.05, 0) is 43.0 Å². The van der Waals surface area contributed by atoms with Crippen molar-refractivity contribution in [3.8, 4) is 0 Å². The van der Waals surface area contributed by atoms with E-state index in [1.54, 1.807) is 24.4 Å². The Kier molecular flexibility index (Phi) is 7.33. The minimum atomic E-state index is -0.343. The van der Waals surface area contributed by atoms with Crippen LogP contribution in [0, 0.1) is 5.92 Å². The van der Waals surface area contributed by atoms with Gasteiger partial charge in [0.2, 0.25) is 17.8 Å². The molecule has 0 saturated carbocycles. The van der Waals surface area contributed by atoms with Gasteiger partial charge in [0, 0.05) is 31.9 Å². The SMILES string of the molecule is C=CC(=O)Nc1csc(C(=O)Nc2nc3cccc(Cl)c3n2CC2CCCCN(C(C)=O)C2)c1. The first-order valence-electron chi connectivity index (χ1n) is 11.1. The van der Waals surface area contributed by atoms with Gasteiger partial charge in [0.15, 0.2) is 0 Å². The summed E-state index contributed by atoms with van der Waals surface area (Å²) in [6, 6.07) is 7.09. The number of para-hydroxylation sites is 1. The molecule has 0 bridgehead atoms. The molecule has 2 aromatic heterocycles. The Morgan fingerprint density at radius 1 is 1.29 bits per heavy atom. The molecule has 1 aliphatic rings. The molecular formula is C24H26ClN5O3S. The summed E-state index contributed by atoms with van der Waals surface area (Å²) in [6.07, 6.45) is 4.15. The molecule has 8 nitrogen and oxygen atoms in total. The number of hydrogen-bond acceptors (Lipinski definition) is 5. The average Bonchev–Trinajstić information content (AvgIpc) is 3.32. The number of carbonyl (C=O) groups excluding carboxylic acids is 3. The molecule has 0 spiro atoms. The van der Waals surface area contributed by atoms with Gasteiger partial charge in [-0.25, -0.2) is 4.98 Å². The monoisotopic (exact) mass is 499 g/mol. The van der Waals surface area contributed by atoms with Crippen LogP contribution in [-0.4, -0.2) is 45.3 Å². The number of amides is 3. The van der Waals surface area contributed by atoms with Crippen molar-refractivity contribution in [1.29, 1.82) is 0 Å². The van der Waals surface area contributed by atoms with Gasteiger partial charge >= 0.3 is 0 Å². The number of hydrogen-bond donors (Lipinski definition) is 2. The quantitative estimate of drug-likeness (QED) is 0.477. The third-order valence-corrected chi connectivity index (χ3v) is 7.11. The fraction of sp³-hybridized carbons (Fsp3) is 0.333. The topological polar surface area (TPSA) is 96.3 Å². The smallest absolute Gasteiger partial charge is 0.268 e. The fourth-order valence-corrected chi connectivity index (χ4v) is 5.22. The molecule has 0 radical (unpaired) electrons. The summed E-state index contributed by atoms with van der Waals surface area (Å²) in [5, 5.41) is 7.80. The number of nitrogens with zero attached hydrogens (tertiary/aromatic N) is 3. The van der Waals surface area contributed by atoms with Gasteiger partial charge in [-0.2, -0.15) is 0 Å². The highest BCUT2D eigenvalue weighted by Gasteiger charge is 2.24. The lowest BCUT2D eigenvalue weighted by atomic mass is 10.0. The summed E-state index contributed by atoms with van der Waals surface area (Å²) in [7, 11) is 0. The number of imidazole rings is 1. The second-order valence-corrected chi connectivity index (χ2v) is 9.65. The van der Waals surface area contributed by atoms with Gasteiger partial charge in [-0.1, -0.05) is 30.7 Å². The highest BCUT2D eigenvalue weighted by atomic mass is 35.5. The van der Waals surface area contributed by atoms with Gasteiger partial charge in [0.05, 0.1) is 26.6 Å². The zero-order valence-electron chi connectivity index (χ0n) is 18.8. The highest BCUT2D eigenvalue weighted by molar-refractivity contribution is 7.12. The third kappa shape index (κ3) is 5.31. The van der Waals surface area contributed by atoms with E-state index in [1.165, 1.54) is 17.4 Å². The van der Waals surface area contributed by atoms with Crippen molar-refractivity contribution in [2.24, 2.45) is 5.92 Å². The van der Waals surface area contributed by atoms with Crippen molar-refractivity contribution in [3.05, 3.63) is 52.2 Å². The van der Waals surface area contributed by atoms with E-state index in [9.17, 15) is 14.4 Å². The first-order valence-corrected chi connectivity index (χ1v) is 12.3. The molecule has 1 atom stereocenters. The van der Waals surface area contributed by atoms with E-state index >= 15 is 0 Å². The van der Waals surface area contributed by atoms with E-state index in [0.717, 1.165) is 31.3 Å². The molecule has 4 rings (SSSR count). The maximum atomic E-state index is 13.0. The lowest BCUT2D eigenvalue weighted by molar-refractivity contribution is -0.129. The highest BCUT2D eigenvalue weighted by Crippen LogP contribution is 2.30. The molecule has 1 unspecified atom stereocenters. The Bertz CT molecular complexity index is 1250. The van der Waals surface area contributed by atoms with Crippen LogP contribution in [0.4, 0.5) is 11.6 Å². The van der Waals surface area contributed by atoms with Crippen LogP contribution in [0.5, 0.6) is 0 Å². The van der Waals surface area contributed by atoms with E-state index in [0.29, 0.717) is 40.1 Å². The molecule has 1 saturated heterocycles. The zero-order valence-corrected chi connectivity index (χ0v) is 20.4. The van der Waals surface area contributed by atoms with Crippen LogP contribution in [0.25, 0.3) is 11.0 Å². The number of anilines is 2. The number of thiophene rings is 1. The number of aromatic nitrogens is 2. The second kappa shape index (κ2) is 10.4. The molecule has 3 amide bonds. The van der Waals surface area contributed by atoms with Crippen LogP contribution in [0.3, 0.4) is 0 Å². The van der Waals surface area contributed by atoms with E-state index < -0.39 is 0 Å². The summed E-state index contributed by atoms with van der Waals surface area (Å²) < 4.78 is 1.94. The summed E-state index contributed by atoms with van der Waals surface area (Å²) in [4.78, 5) is 43.5. The van der Waals surface area contributed by atoms with Gasteiger partial charge in [0.1, 0.15) is 0 Å². The van der Waals surface area contributed by atoms with Crippen LogP contribution >= 0.6 is 22.9 Å². The van der Waals surface area contributed by atoms with Crippen LogP contribution < -0.4 is 10.6 Å². The maximum Gasteiger partial charge on any atom is 0.268 e. The molecular weight excluding hydrogens is 474 g/mol. The van der Waals surface area contributed by atoms with Crippen molar-refractivity contribution in [2.75, 3.05) is 23.7 Å². The number of nitrogens with one attached hydrogen (secondary N) is 2. The number of benzene rings is 1. The molecule has 0 aliphatic carbocycles. The Morgan fingerprint density at radius 3 is 2.88 bits per heavy atom. The second-order valence-electron chi connectivity index (χ2n) is 8.33. The molecule has 10 heteroatoms. The first-order chi connectivity index (χ1) is 16.4. The molecule has 34 heavy (non-hydrogen) atoms. The Morgan fingerprint density at radius 2 is 2.12 bits per heavy atom. The van der Waals surface area contributed by atoms with Crippen molar-refractivity contribution in [2.45, 2.75) is 32.7 Å². The fourth-order valence-electron chi connectivity index (χ4n) is 4.22. The lowest BCUT2D eigenvalue weighted by Crippen LogP contribution is -2.34. The molecule has 1 aliphatic heterocycles. The van der Waals surface area contributed by atoms with Crippen LogP contribution in [0.2, 0.25) is 5.02 Å². The predicted molar refractivity (Wildman–Crippen MR) is 135 cm³/mol. The van der Waals surface area contributed by atoms with E-state index in [2.05, 4.69) is 22.2 Å². The molecule has 3 heterocycles. The number of likely N-dealkylation sites (tertiary alicyclic amines) is 1. The third-order valence-electron chi connectivity index (χ3n) is 5.87. The van der Waals surface area contributed by atoms with E-state index in [4.69, 9.17) is 11.6 Å². The number of halogens is 1. The van der Waals surface area contributed by atoms with Gasteiger partial charge in [0.25, 0.3) is 5.91 Å². The van der Waals surface area contributed by atoms with Crippen LogP contribution in [0.15, 0.2) is 42.3 Å².